The van der Waals surface area contributed by atoms with Crippen LogP contribution in [0.4, 0.5) is 4.79 Å². The number of carbonyl (C=O) groups excluding carboxylic acids is 2. The van der Waals surface area contributed by atoms with Crippen molar-refractivity contribution in [3.8, 4) is 6.07 Å². The summed E-state index contributed by atoms with van der Waals surface area (Å²) in [5.74, 6) is -0.211. The summed E-state index contributed by atoms with van der Waals surface area (Å²) < 4.78 is 5.23. The number of carbonyl (C=O) groups is 2. The third-order valence-electron chi connectivity index (χ3n) is 7.85. The lowest BCUT2D eigenvalue weighted by Gasteiger charge is -2.47. The highest BCUT2D eigenvalue weighted by Gasteiger charge is 2.43. The number of ether oxygens (including phenoxy) is 1. The predicted molar refractivity (Wildman–Crippen MR) is 131 cm³/mol. The van der Waals surface area contributed by atoms with Gasteiger partial charge in [0.2, 0.25) is 5.91 Å². The van der Waals surface area contributed by atoms with E-state index in [-0.39, 0.29) is 24.2 Å². The molecular weight excluding hydrogens is 432 g/mol. The van der Waals surface area contributed by atoms with Crippen LogP contribution >= 0.6 is 0 Å². The summed E-state index contributed by atoms with van der Waals surface area (Å²) in [5.41, 5.74) is -0.780. The molecule has 3 atom stereocenters. The van der Waals surface area contributed by atoms with Crippen molar-refractivity contribution in [3.05, 3.63) is 0 Å². The molecule has 1 saturated carbocycles. The van der Waals surface area contributed by atoms with E-state index >= 15 is 0 Å². The van der Waals surface area contributed by atoms with Gasteiger partial charge in [0.25, 0.3) is 0 Å². The first kappa shape index (κ1) is 26.7. The van der Waals surface area contributed by atoms with E-state index in [4.69, 9.17) is 4.74 Å². The lowest BCUT2D eigenvalue weighted by molar-refractivity contribution is -0.132. The summed E-state index contributed by atoms with van der Waals surface area (Å²) in [5, 5.41) is 16.2. The van der Waals surface area contributed by atoms with Gasteiger partial charge in [-0.3, -0.25) is 19.9 Å². The summed E-state index contributed by atoms with van der Waals surface area (Å²) in [6.07, 6.45) is 7.79. The number of amides is 2. The van der Waals surface area contributed by atoms with Crippen molar-refractivity contribution in [1.82, 2.24) is 25.3 Å². The zero-order valence-electron chi connectivity index (χ0n) is 21.4. The number of hydrogen-bond acceptors (Lipinski definition) is 7. The molecule has 0 aromatic heterocycles. The molecule has 0 bridgehead atoms. The second-order valence-corrected chi connectivity index (χ2v) is 10.1. The van der Waals surface area contributed by atoms with Crippen molar-refractivity contribution in [2.24, 2.45) is 5.92 Å². The Labute approximate surface area is 205 Å². The van der Waals surface area contributed by atoms with Gasteiger partial charge in [0.15, 0.2) is 0 Å². The van der Waals surface area contributed by atoms with Crippen molar-refractivity contribution in [2.75, 3.05) is 46.4 Å². The molecule has 0 radical (unpaired) electrons. The monoisotopic (exact) mass is 476 g/mol. The highest BCUT2D eigenvalue weighted by molar-refractivity contribution is 5.81. The van der Waals surface area contributed by atoms with Crippen molar-refractivity contribution in [3.63, 3.8) is 0 Å². The van der Waals surface area contributed by atoms with Gasteiger partial charge in [0.05, 0.1) is 18.6 Å². The highest BCUT2D eigenvalue weighted by atomic mass is 16.5. The molecule has 2 amide bonds. The summed E-state index contributed by atoms with van der Waals surface area (Å²) in [6.45, 7) is 8.40. The van der Waals surface area contributed by atoms with Crippen LogP contribution in [0.25, 0.3) is 0 Å². The molecule has 34 heavy (non-hydrogen) atoms. The smallest absolute Gasteiger partial charge is 0.409 e. The van der Waals surface area contributed by atoms with Gasteiger partial charge in [0.1, 0.15) is 11.8 Å². The number of likely N-dealkylation sites (tertiary alicyclic amines) is 2. The fraction of sp³-hybridized carbons (Fsp3) is 0.880. The Hall–Kier alpha value is -1.89. The predicted octanol–water partition coefficient (Wildman–Crippen LogP) is 2.49. The third kappa shape index (κ3) is 6.61. The molecular formula is C25H44N6O3. The fourth-order valence-corrected chi connectivity index (χ4v) is 5.82. The minimum Gasteiger partial charge on any atom is -0.450 e. The largest absolute Gasteiger partial charge is 0.450 e. The maximum absolute atomic E-state index is 13.6. The Morgan fingerprint density at radius 3 is 2.38 bits per heavy atom. The Bertz CT molecular complexity index is 712. The minimum absolute atomic E-state index is 0.00890. The Kier molecular flexibility index (Phi) is 9.98. The maximum Gasteiger partial charge on any atom is 0.409 e. The molecule has 2 aliphatic heterocycles. The summed E-state index contributed by atoms with van der Waals surface area (Å²) in [4.78, 5) is 32.9. The van der Waals surface area contributed by atoms with Crippen LogP contribution in [0.2, 0.25) is 0 Å². The molecule has 3 aliphatic rings. The number of rotatable bonds is 8. The van der Waals surface area contributed by atoms with Gasteiger partial charge in [-0.1, -0.05) is 26.2 Å². The second kappa shape index (κ2) is 12.7. The van der Waals surface area contributed by atoms with Crippen LogP contribution in [0.5, 0.6) is 0 Å². The number of nitrogens with one attached hydrogen (secondary N) is 2. The normalized spacial score (nSPS) is 26.9. The first-order chi connectivity index (χ1) is 16.4. The van der Waals surface area contributed by atoms with E-state index in [1.165, 1.54) is 6.42 Å². The average molecular weight is 477 g/mol. The van der Waals surface area contributed by atoms with Crippen LogP contribution in [-0.4, -0.2) is 90.9 Å². The van der Waals surface area contributed by atoms with Gasteiger partial charge in [0, 0.05) is 32.2 Å². The zero-order chi connectivity index (χ0) is 24.6. The molecule has 2 saturated heterocycles. The van der Waals surface area contributed by atoms with Crippen molar-refractivity contribution in [1.29, 1.82) is 5.26 Å². The van der Waals surface area contributed by atoms with Gasteiger partial charge >= 0.3 is 6.09 Å². The third-order valence-corrected chi connectivity index (χ3v) is 7.85. The average Bonchev–Trinajstić information content (AvgIpc) is 2.86. The van der Waals surface area contributed by atoms with E-state index in [2.05, 4.69) is 45.4 Å². The lowest BCUT2D eigenvalue weighted by atomic mass is 9.81. The molecule has 0 aromatic carbocycles. The quantitative estimate of drug-likeness (QED) is 0.519. The van der Waals surface area contributed by atoms with Gasteiger partial charge in [-0.15, -0.1) is 0 Å². The SMILES string of the molecule is CCOC(=O)NC(N1CCCCC1)N(CC)C1CCCCC1C(=O)NC1(C#N)CCN(C)CC1. The molecule has 1 aliphatic carbocycles. The molecule has 3 fully saturated rings. The number of hydrogen-bond donors (Lipinski definition) is 2. The molecule has 3 rings (SSSR count). The van der Waals surface area contributed by atoms with Crippen LogP contribution < -0.4 is 10.6 Å². The molecule has 192 valence electrons. The molecule has 2 heterocycles. The van der Waals surface area contributed by atoms with Crippen LogP contribution in [-0.2, 0) is 9.53 Å². The van der Waals surface area contributed by atoms with E-state index in [1.54, 1.807) is 0 Å². The summed E-state index contributed by atoms with van der Waals surface area (Å²) in [6, 6.07) is 2.44. The van der Waals surface area contributed by atoms with Crippen LogP contribution in [0.1, 0.15) is 71.6 Å². The Morgan fingerprint density at radius 1 is 1.09 bits per heavy atom. The Morgan fingerprint density at radius 2 is 1.76 bits per heavy atom. The van der Waals surface area contributed by atoms with Crippen molar-refractivity contribution in [2.45, 2.75) is 89.5 Å². The zero-order valence-corrected chi connectivity index (χ0v) is 21.4. The summed E-state index contributed by atoms with van der Waals surface area (Å²) >= 11 is 0. The lowest BCUT2D eigenvalue weighted by Crippen LogP contribution is -2.65. The number of nitrogens with zero attached hydrogens (tertiary/aromatic N) is 4. The highest BCUT2D eigenvalue weighted by Crippen LogP contribution is 2.32. The van der Waals surface area contributed by atoms with Crippen LogP contribution in [0.15, 0.2) is 0 Å². The van der Waals surface area contributed by atoms with Crippen molar-refractivity contribution >= 4 is 12.0 Å². The van der Waals surface area contributed by atoms with Gasteiger partial charge < -0.3 is 15.0 Å². The minimum atomic E-state index is -0.780. The van der Waals surface area contributed by atoms with E-state index in [9.17, 15) is 14.9 Å². The fourth-order valence-electron chi connectivity index (χ4n) is 5.82. The van der Waals surface area contributed by atoms with E-state index < -0.39 is 11.6 Å². The molecule has 9 heteroatoms. The molecule has 9 nitrogen and oxygen atoms in total. The topological polar surface area (TPSA) is 101 Å². The molecule has 3 unspecified atom stereocenters. The molecule has 0 spiro atoms. The standard InChI is InChI=1S/C25H44N6O3/c1-4-31(23(27-24(33)34-5-2)30-15-9-6-10-16-30)21-12-8-7-11-20(21)22(32)28-25(19-26)13-17-29(3)18-14-25/h20-21,23H,4-18H2,1-3H3,(H,27,33)(H,28,32). The van der Waals surface area contributed by atoms with Crippen LogP contribution in [0, 0.1) is 17.2 Å². The second-order valence-electron chi connectivity index (χ2n) is 10.1. The van der Waals surface area contributed by atoms with E-state index in [1.807, 2.05) is 6.92 Å². The molecule has 0 aromatic rings. The number of piperidine rings is 2. The first-order valence-corrected chi connectivity index (χ1v) is 13.3. The van der Waals surface area contributed by atoms with E-state index in [0.717, 1.165) is 71.2 Å². The summed E-state index contributed by atoms with van der Waals surface area (Å²) in [7, 11) is 2.05. The molecule has 2 N–H and O–H groups in total. The Balaban J connectivity index is 1.79. The van der Waals surface area contributed by atoms with Gasteiger partial charge in [-0.25, -0.2) is 4.79 Å². The maximum atomic E-state index is 13.6. The number of nitriles is 1. The van der Waals surface area contributed by atoms with Crippen molar-refractivity contribution < 1.29 is 14.3 Å². The van der Waals surface area contributed by atoms with E-state index in [0.29, 0.717) is 19.4 Å². The van der Waals surface area contributed by atoms with Crippen LogP contribution in [0.3, 0.4) is 0 Å². The van der Waals surface area contributed by atoms with Gasteiger partial charge in [-0.05, 0) is 59.0 Å². The first-order valence-electron chi connectivity index (χ1n) is 13.3. The number of alkyl carbamates (subject to hydrolysis) is 1. The van der Waals surface area contributed by atoms with Gasteiger partial charge in [-0.2, -0.15) is 5.26 Å².